The van der Waals surface area contributed by atoms with Crippen molar-refractivity contribution >= 4 is 17.3 Å². The van der Waals surface area contributed by atoms with Gasteiger partial charge >= 0.3 is 0 Å². The number of carbonyl (C=O) groups is 1. The summed E-state index contributed by atoms with van der Waals surface area (Å²) < 4.78 is 42.2. The van der Waals surface area contributed by atoms with Gasteiger partial charge in [0.2, 0.25) is 0 Å². The molecule has 0 bridgehead atoms. The Morgan fingerprint density at radius 3 is 2.31 bits per heavy atom. The van der Waals surface area contributed by atoms with E-state index in [-0.39, 0.29) is 16.9 Å². The van der Waals surface area contributed by atoms with E-state index in [2.05, 4.69) is 5.32 Å². The fourth-order valence-electron chi connectivity index (χ4n) is 2.36. The minimum absolute atomic E-state index is 0.0369. The van der Waals surface area contributed by atoms with Crippen molar-refractivity contribution in [3.63, 3.8) is 0 Å². The first kappa shape index (κ1) is 19.8. The van der Waals surface area contributed by atoms with Crippen LogP contribution >= 0.6 is 0 Å². The van der Waals surface area contributed by atoms with Gasteiger partial charge in [-0.1, -0.05) is 6.07 Å². The molecule has 0 aromatic heterocycles. The molecular weight excluding hydrogens is 343 g/mol. The molecule has 7 heteroatoms. The summed E-state index contributed by atoms with van der Waals surface area (Å²) >= 11 is 0. The van der Waals surface area contributed by atoms with E-state index in [0.717, 1.165) is 6.07 Å². The number of anilines is 2. The molecule has 0 aliphatic rings. The molecule has 2 rings (SSSR count). The molecule has 26 heavy (non-hydrogen) atoms. The van der Waals surface area contributed by atoms with Crippen molar-refractivity contribution in [2.75, 3.05) is 39.5 Å². The zero-order chi connectivity index (χ0) is 19.4. The lowest BCUT2D eigenvalue weighted by Crippen LogP contribution is -2.34. The summed E-state index contributed by atoms with van der Waals surface area (Å²) in [4.78, 5) is 16.0. The van der Waals surface area contributed by atoms with E-state index in [1.54, 1.807) is 20.0 Å². The molecule has 0 saturated carbocycles. The first-order valence-electron chi connectivity index (χ1n) is 8.12. The summed E-state index contributed by atoms with van der Waals surface area (Å²) in [5.41, 5.74) is 0.206. The number of aryl methyl sites for hydroxylation is 1. The Bertz CT molecular complexity index is 809. The lowest BCUT2D eigenvalue weighted by atomic mass is 10.1. The molecule has 1 N–H and O–H groups in total. The quantitative estimate of drug-likeness (QED) is 0.846. The van der Waals surface area contributed by atoms with Crippen molar-refractivity contribution in [1.82, 2.24) is 9.80 Å². The van der Waals surface area contributed by atoms with E-state index in [9.17, 15) is 18.0 Å². The molecule has 0 radical (unpaired) electrons. The second-order valence-corrected chi connectivity index (χ2v) is 6.42. The van der Waals surface area contributed by atoms with Gasteiger partial charge in [0.25, 0.3) is 5.91 Å². The average Bonchev–Trinajstić information content (AvgIpc) is 2.58. The molecule has 2 aromatic rings. The Hall–Kier alpha value is -2.54. The van der Waals surface area contributed by atoms with Crippen molar-refractivity contribution in [2.24, 2.45) is 0 Å². The van der Waals surface area contributed by atoms with Crippen LogP contribution in [0, 0.1) is 24.4 Å². The molecule has 0 spiro atoms. The standard InChI is InChI=1S/C19H22F3N3O/c1-12-5-8-16(15(21)11-12)23-18-13(6-7-14(20)17(18)22)19(26)25(4)10-9-24(2)3/h5-8,11,23H,9-10H2,1-4H3. The summed E-state index contributed by atoms with van der Waals surface area (Å²) in [6.07, 6.45) is 0. The highest BCUT2D eigenvalue weighted by Crippen LogP contribution is 2.29. The fraction of sp³-hybridized carbons (Fsp3) is 0.316. The second-order valence-electron chi connectivity index (χ2n) is 6.42. The van der Waals surface area contributed by atoms with Crippen LogP contribution < -0.4 is 5.32 Å². The molecule has 0 aliphatic carbocycles. The molecule has 4 nitrogen and oxygen atoms in total. The van der Waals surface area contributed by atoms with Crippen molar-refractivity contribution in [1.29, 1.82) is 0 Å². The van der Waals surface area contributed by atoms with E-state index < -0.39 is 23.4 Å². The van der Waals surface area contributed by atoms with Crippen LogP contribution in [-0.4, -0.2) is 49.9 Å². The predicted molar refractivity (Wildman–Crippen MR) is 96.3 cm³/mol. The normalized spacial score (nSPS) is 10.9. The second kappa shape index (κ2) is 8.23. The molecule has 0 atom stereocenters. The molecule has 1 amide bonds. The maximum Gasteiger partial charge on any atom is 0.255 e. The van der Waals surface area contributed by atoms with Gasteiger partial charge in [-0.05, 0) is 50.8 Å². The summed E-state index contributed by atoms with van der Waals surface area (Å²) in [6, 6.07) is 6.40. The van der Waals surface area contributed by atoms with Crippen LogP contribution in [-0.2, 0) is 0 Å². The van der Waals surface area contributed by atoms with E-state index in [1.807, 2.05) is 19.0 Å². The highest BCUT2D eigenvalue weighted by Gasteiger charge is 2.22. The number of carbonyl (C=O) groups excluding carboxylic acids is 1. The third-order valence-electron chi connectivity index (χ3n) is 3.94. The van der Waals surface area contributed by atoms with Gasteiger partial charge in [0.15, 0.2) is 11.6 Å². The van der Waals surface area contributed by atoms with Crippen LogP contribution in [0.2, 0.25) is 0 Å². The first-order chi connectivity index (χ1) is 12.2. The van der Waals surface area contributed by atoms with Crippen molar-refractivity contribution in [3.8, 4) is 0 Å². The van der Waals surface area contributed by atoms with Crippen molar-refractivity contribution in [2.45, 2.75) is 6.92 Å². The molecule has 0 fully saturated rings. The number of hydrogen-bond donors (Lipinski definition) is 1. The number of halogens is 3. The van der Waals surface area contributed by atoms with Crippen LogP contribution in [0.25, 0.3) is 0 Å². The number of hydrogen-bond acceptors (Lipinski definition) is 3. The van der Waals surface area contributed by atoms with Crippen molar-refractivity contribution in [3.05, 3.63) is 58.9 Å². The van der Waals surface area contributed by atoms with Crippen LogP contribution in [0.15, 0.2) is 30.3 Å². The summed E-state index contributed by atoms with van der Waals surface area (Å²) in [5, 5.41) is 2.53. The fourth-order valence-corrected chi connectivity index (χ4v) is 2.36. The van der Waals surface area contributed by atoms with Gasteiger partial charge in [0.05, 0.1) is 16.9 Å². The summed E-state index contributed by atoms with van der Waals surface area (Å²) in [7, 11) is 5.30. The highest BCUT2D eigenvalue weighted by atomic mass is 19.2. The van der Waals surface area contributed by atoms with E-state index in [0.29, 0.717) is 18.7 Å². The third-order valence-corrected chi connectivity index (χ3v) is 3.94. The third kappa shape index (κ3) is 4.54. The monoisotopic (exact) mass is 365 g/mol. The smallest absolute Gasteiger partial charge is 0.255 e. The molecule has 0 aliphatic heterocycles. The zero-order valence-electron chi connectivity index (χ0n) is 15.2. The van der Waals surface area contributed by atoms with Gasteiger partial charge in [0, 0.05) is 20.1 Å². The van der Waals surface area contributed by atoms with Gasteiger partial charge < -0.3 is 15.1 Å². The number of rotatable bonds is 6. The molecule has 0 saturated heterocycles. The maximum atomic E-state index is 14.4. The van der Waals surface area contributed by atoms with Crippen LogP contribution in [0.3, 0.4) is 0 Å². The summed E-state index contributed by atoms with van der Waals surface area (Å²) in [6.45, 7) is 2.73. The SMILES string of the molecule is Cc1ccc(Nc2c(C(=O)N(C)CCN(C)C)ccc(F)c2F)c(F)c1. The maximum absolute atomic E-state index is 14.4. The van der Waals surface area contributed by atoms with E-state index in [4.69, 9.17) is 0 Å². The predicted octanol–water partition coefficient (Wildman–Crippen LogP) is 3.79. The highest BCUT2D eigenvalue weighted by molar-refractivity contribution is 6.00. The molecule has 0 unspecified atom stereocenters. The average molecular weight is 365 g/mol. The Labute approximate surface area is 151 Å². The lowest BCUT2D eigenvalue weighted by Gasteiger charge is -2.22. The van der Waals surface area contributed by atoms with E-state index in [1.165, 1.54) is 23.1 Å². The van der Waals surface area contributed by atoms with Crippen LogP contribution in [0.4, 0.5) is 24.5 Å². The minimum atomic E-state index is -1.23. The number of nitrogens with one attached hydrogen (secondary N) is 1. The Morgan fingerprint density at radius 2 is 1.69 bits per heavy atom. The van der Waals surface area contributed by atoms with E-state index >= 15 is 0 Å². The van der Waals surface area contributed by atoms with Gasteiger partial charge in [-0.3, -0.25) is 4.79 Å². The molecule has 2 aromatic carbocycles. The van der Waals surface area contributed by atoms with Crippen LogP contribution in [0.1, 0.15) is 15.9 Å². The van der Waals surface area contributed by atoms with Gasteiger partial charge in [0.1, 0.15) is 5.82 Å². The zero-order valence-corrected chi connectivity index (χ0v) is 15.2. The Kier molecular flexibility index (Phi) is 6.26. The van der Waals surface area contributed by atoms with Gasteiger partial charge in [-0.25, -0.2) is 13.2 Å². The van der Waals surface area contributed by atoms with Gasteiger partial charge in [-0.2, -0.15) is 0 Å². The largest absolute Gasteiger partial charge is 0.350 e. The Balaban J connectivity index is 2.38. The number of likely N-dealkylation sites (N-methyl/N-ethyl adjacent to an activating group) is 2. The molecule has 0 heterocycles. The lowest BCUT2D eigenvalue weighted by molar-refractivity contribution is 0.0786. The number of nitrogens with zero attached hydrogens (tertiary/aromatic N) is 2. The summed E-state index contributed by atoms with van der Waals surface area (Å²) in [5.74, 6) is -3.45. The van der Waals surface area contributed by atoms with Crippen LogP contribution in [0.5, 0.6) is 0 Å². The number of benzene rings is 2. The molecular formula is C19H22F3N3O. The number of amides is 1. The minimum Gasteiger partial charge on any atom is -0.350 e. The Morgan fingerprint density at radius 1 is 1.00 bits per heavy atom. The first-order valence-corrected chi connectivity index (χ1v) is 8.12. The topological polar surface area (TPSA) is 35.6 Å². The van der Waals surface area contributed by atoms with Crippen molar-refractivity contribution < 1.29 is 18.0 Å². The molecule has 140 valence electrons. The van der Waals surface area contributed by atoms with Gasteiger partial charge in [-0.15, -0.1) is 0 Å².